The fourth-order valence-corrected chi connectivity index (χ4v) is 6.11. The average Bonchev–Trinajstić information content (AvgIpc) is 3.66. The molecule has 1 aromatic carbocycles. The number of amides is 1. The summed E-state index contributed by atoms with van der Waals surface area (Å²) in [6.45, 7) is 5.90. The van der Waals surface area contributed by atoms with Gasteiger partial charge in [0.15, 0.2) is 11.6 Å². The van der Waals surface area contributed by atoms with Gasteiger partial charge in [0, 0.05) is 24.2 Å². The Balaban J connectivity index is 1.23. The number of halogens is 2. The number of nitrogens with one attached hydrogen (secondary N) is 1. The third-order valence-electron chi connectivity index (χ3n) is 8.23. The first-order valence-electron chi connectivity index (χ1n) is 13.0. The molecule has 0 spiro atoms. The second kappa shape index (κ2) is 9.18. The number of aromatic nitrogens is 2. The van der Waals surface area contributed by atoms with Crippen LogP contribution in [0.25, 0.3) is 11.0 Å². The molecule has 2 bridgehead atoms. The molecule has 2 aliphatic heterocycles. The van der Waals surface area contributed by atoms with Crippen LogP contribution in [0.15, 0.2) is 34.9 Å². The zero-order valence-corrected chi connectivity index (χ0v) is 20.6. The van der Waals surface area contributed by atoms with Gasteiger partial charge in [-0.05, 0) is 50.0 Å². The van der Waals surface area contributed by atoms with Crippen LogP contribution in [0.1, 0.15) is 74.5 Å². The van der Waals surface area contributed by atoms with E-state index in [1.165, 1.54) is 0 Å². The predicted molar refractivity (Wildman–Crippen MR) is 133 cm³/mol. The van der Waals surface area contributed by atoms with E-state index in [1.54, 1.807) is 23.0 Å². The Hall–Kier alpha value is -2.94. The number of morpholine rings is 1. The number of para-hydroxylation sites is 1. The Morgan fingerprint density at radius 3 is 2.64 bits per heavy atom. The number of nitrogens with zero attached hydrogens (tertiary/aromatic N) is 3. The first-order valence-corrected chi connectivity index (χ1v) is 13.0. The lowest BCUT2D eigenvalue weighted by atomic mass is 9.80. The molecule has 2 saturated heterocycles. The lowest BCUT2D eigenvalue weighted by molar-refractivity contribution is 0.0977. The second-order valence-corrected chi connectivity index (χ2v) is 10.8. The molecule has 2 aromatic heterocycles. The van der Waals surface area contributed by atoms with Crippen LogP contribution in [-0.2, 0) is 4.74 Å². The zero-order chi connectivity index (χ0) is 25.0. The van der Waals surface area contributed by atoms with E-state index < -0.39 is 18.0 Å². The molecule has 3 aromatic rings. The predicted octanol–water partition coefficient (Wildman–Crippen LogP) is 6.18. The summed E-state index contributed by atoms with van der Waals surface area (Å²) in [5.74, 6) is 1.50. The minimum absolute atomic E-state index is 0.0544. The third kappa shape index (κ3) is 4.17. The van der Waals surface area contributed by atoms with Crippen molar-refractivity contribution in [3.8, 4) is 0 Å². The molecule has 9 heteroatoms. The zero-order valence-electron chi connectivity index (χ0n) is 20.6. The minimum atomic E-state index is -2.78. The van der Waals surface area contributed by atoms with Gasteiger partial charge in [-0.15, -0.1) is 0 Å². The molecule has 2 atom stereocenters. The normalized spacial score (nSPS) is 26.0. The Kier molecular flexibility index (Phi) is 5.98. The molecule has 2 unspecified atom stereocenters. The molecule has 0 radical (unpaired) electrons. The number of ether oxygens (including phenoxy) is 1. The smallest absolute Gasteiger partial charge is 0.284 e. The number of hydrogen-bond acceptors (Lipinski definition) is 5. The van der Waals surface area contributed by atoms with Crippen molar-refractivity contribution < 1.29 is 22.7 Å². The van der Waals surface area contributed by atoms with Gasteiger partial charge in [-0.2, -0.15) is 5.10 Å². The quantitative estimate of drug-likeness (QED) is 0.439. The summed E-state index contributed by atoms with van der Waals surface area (Å²) in [6.07, 6.45) is 3.89. The minimum Gasteiger partial charge on any atom is -0.440 e. The van der Waals surface area contributed by atoms with Crippen LogP contribution < -0.4 is 10.2 Å². The van der Waals surface area contributed by atoms with Gasteiger partial charge >= 0.3 is 0 Å². The van der Waals surface area contributed by atoms with Crippen molar-refractivity contribution in [3.05, 3.63) is 41.7 Å². The van der Waals surface area contributed by atoms with Crippen LogP contribution in [0, 0.1) is 11.8 Å². The molecule has 192 valence electrons. The van der Waals surface area contributed by atoms with Crippen LogP contribution in [0.2, 0.25) is 0 Å². The standard InChI is InChI=1S/C27H32F2N4O3/c1-15(2)16-6-8-18(9-7-16)33-13-22(24(31-33)26(28)29)30-27(34)21-5-3-4-17-10-23(36-25(17)21)32-12-20-11-19(32)14-35-20/h3-5,10,13,15-16,18-20,26H,6-9,11-12,14H2,1-2H3,(H,30,34). The number of carbonyl (C=O) groups excluding carboxylic acids is 1. The number of anilines is 2. The monoisotopic (exact) mass is 498 g/mol. The maximum atomic E-state index is 13.9. The van der Waals surface area contributed by atoms with Crippen LogP contribution >= 0.6 is 0 Å². The van der Waals surface area contributed by atoms with Crippen LogP contribution in [-0.4, -0.2) is 41.0 Å². The van der Waals surface area contributed by atoms with E-state index in [1.807, 2.05) is 12.1 Å². The largest absolute Gasteiger partial charge is 0.440 e. The molecular formula is C27H32F2N4O3. The number of carbonyl (C=O) groups is 1. The number of furan rings is 1. The highest BCUT2D eigenvalue weighted by molar-refractivity contribution is 6.12. The number of alkyl halides is 2. The third-order valence-corrected chi connectivity index (χ3v) is 8.23. The lowest BCUT2D eigenvalue weighted by Crippen LogP contribution is -2.36. The van der Waals surface area contributed by atoms with Gasteiger partial charge in [0.25, 0.3) is 12.3 Å². The highest BCUT2D eigenvalue weighted by Gasteiger charge is 2.40. The van der Waals surface area contributed by atoms with E-state index in [0.29, 0.717) is 35.5 Å². The van der Waals surface area contributed by atoms with E-state index in [2.05, 4.69) is 29.2 Å². The van der Waals surface area contributed by atoms with E-state index in [-0.39, 0.29) is 23.9 Å². The molecule has 1 aliphatic carbocycles. The van der Waals surface area contributed by atoms with Crippen molar-refractivity contribution in [3.63, 3.8) is 0 Å². The maximum absolute atomic E-state index is 13.9. The molecule has 4 heterocycles. The lowest BCUT2D eigenvalue weighted by Gasteiger charge is -2.30. The van der Waals surface area contributed by atoms with Crippen molar-refractivity contribution in [2.24, 2.45) is 11.8 Å². The number of hydrogen-bond donors (Lipinski definition) is 1. The van der Waals surface area contributed by atoms with Crippen molar-refractivity contribution in [1.29, 1.82) is 0 Å². The Morgan fingerprint density at radius 2 is 1.97 bits per heavy atom. The van der Waals surface area contributed by atoms with Crippen molar-refractivity contribution >= 4 is 28.4 Å². The molecular weight excluding hydrogens is 466 g/mol. The molecule has 1 N–H and O–H groups in total. The van der Waals surface area contributed by atoms with Gasteiger partial charge in [-0.1, -0.05) is 26.0 Å². The van der Waals surface area contributed by atoms with Gasteiger partial charge < -0.3 is 19.4 Å². The highest BCUT2D eigenvalue weighted by atomic mass is 19.3. The number of rotatable bonds is 6. The first kappa shape index (κ1) is 23.5. The van der Waals surface area contributed by atoms with E-state index in [0.717, 1.165) is 44.0 Å². The first-order chi connectivity index (χ1) is 17.4. The van der Waals surface area contributed by atoms with Gasteiger partial charge in [-0.25, -0.2) is 8.78 Å². The summed E-state index contributed by atoms with van der Waals surface area (Å²) in [4.78, 5) is 15.5. The van der Waals surface area contributed by atoms with Crippen LogP contribution in [0.5, 0.6) is 0 Å². The Bertz CT molecular complexity index is 1260. The molecule has 6 rings (SSSR count). The topological polar surface area (TPSA) is 72.5 Å². The Morgan fingerprint density at radius 1 is 1.17 bits per heavy atom. The average molecular weight is 499 g/mol. The molecule has 7 nitrogen and oxygen atoms in total. The summed E-state index contributed by atoms with van der Waals surface area (Å²) in [6, 6.07) is 7.61. The van der Waals surface area contributed by atoms with Gasteiger partial charge in [0.2, 0.25) is 0 Å². The summed E-state index contributed by atoms with van der Waals surface area (Å²) < 4.78 is 41.2. The number of benzene rings is 1. The molecule has 1 saturated carbocycles. The second-order valence-electron chi connectivity index (χ2n) is 10.8. The fourth-order valence-electron chi connectivity index (χ4n) is 6.11. The van der Waals surface area contributed by atoms with E-state index in [4.69, 9.17) is 9.15 Å². The molecule has 1 amide bonds. The van der Waals surface area contributed by atoms with Crippen LogP contribution in [0.4, 0.5) is 20.4 Å². The van der Waals surface area contributed by atoms with E-state index in [9.17, 15) is 13.6 Å². The van der Waals surface area contributed by atoms with Crippen LogP contribution in [0.3, 0.4) is 0 Å². The summed E-state index contributed by atoms with van der Waals surface area (Å²) in [5.41, 5.74) is 0.421. The highest BCUT2D eigenvalue weighted by Crippen LogP contribution is 2.39. The summed E-state index contributed by atoms with van der Waals surface area (Å²) >= 11 is 0. The van der Waals surface area contributed by atoms with Gasteiger partial charge in [-0.3, -0.25) is 9.48 Å². The van der Waals surface area contributed by atoms with E-state index >= 15 is 0 Å². The van der Waals surface area contributed by atoms with Gasteiger partial charge in [0.1, 0.15) is 5.58 Å². The molecule has 3 fully saturated rings. The SMILES string of the molecule is CC(C)C1CCC(n2cc(NC(=O)c3cccc4cc(N5CC6CC5CO6)oc34)c(C(F)F)n2)CC1. The summed E-state index contributed by atoms with van der Waals surface area (Å²) in [7, 11) is 0. The van der Waals surface area contributed by atoms with Crippen molar-refractivity contribution in [2.75, 3.05) is 23.4 Å². The Labute approximate surface area is 208 Å². The fraction of sp³-hybridized carbons (Fsp3) is 0.556. The van der Waals surface area contributed by atoms with Crippen molar-refractivity contribution in [2.45, 2.75) is 70.6 Å². The molecule has 36 heavy (non-hydrogen) atoms. The van der Waals surface area contributed by atoms with Gasteiger partial charge in [0.05, 0.1) is 36.0 Å². The molecule has 3 aliphatic rings. The van der Waals surface area contributed by atoms with Crippen molar-refractivity contribution in [1.82, 2.24) is 9.78 Å². The number of fused-ring (bicyclic) bond motifs is 3. The maximum Gasteiger partial charge on any atom is 0.284 e. The summed E-state index contributed by atoms with van der Waals surface area (Å²) in [5, 5.41) is 7.70.